The molecule has 0 radical (unpaired) electrons. The largest absolute Gasteiger partial charge is 0.486 e. The zero-order valence-corrected chi connectivity index (χ0v) is 35.0. The molecule has 2 atom stereocenters. The molecule has 2 unspecified atom stereocenters. The second kappa shape index (κ2) is 20.6. The van der Waals surface area contributed by atoms with Crippen molar-refractivity contribution in [2.75, 3.05) is 17.2 Å². The number of rotatable bonds is 17. The molecule has 0 aromatic heterocycles. The van der Waals surface area contributed by atoms with E-state index < -0.39 is 42.4 Å². The number of benzene rings is 4. The van der Waals surface area contributed by atoms with E-state index in [1.165, 1.54) is 48.5 Å². The van der Waals surface area contributed by atoms with Crippen LogP contribution in [0.3, 0.4) is 0 Å². The second-order valence-corrected chi connectivity index (χ2v) is 15.2. The number of ether oxygens (including phenoxy) is 3. The van der Waals surface area contributed by atoms with Crippen LogP contribution in [0.25, 0.3) is 0 Å². The maximum absolute atomic E-state index is 15.1. The van der Waals surface area contributed by atoms with Crippen molar-refractivity contribution in [3.63, 3.8) is 0 Å². The first kappa shape index (κ1) is 45.0. The van der Waals surface area contributed by atoms with Crippen LogP contribution < -0.4 is 25.4 Å². The number of carbonyl (C=O) groups excluding carboxylic acids is 3. The average Bonchev–Trinajstić information content (AvgIpc) is 3.12. The third kappa shape index (κ3) is 12.4. The van der Waals surface area contributed by atoms with Crippen LogP contribution in [-0.4, -0.2) is 36.5 Å². The van der Waals surface area contributed by atoms with Gasteiger partial charge in [0.15, 0.2) is 23.1 Å². The third-order valence-corrected chi connectivity index (χ3v) is 9.85. The van der Waals surface area contributed by atoms with E-state index >= 15 is 8.78 Å². The molecule has 0 aliphatic rings. The Kier molecular flexibility index (Phi) is 16.6. The minimum Gasteiger partial charge on any atom is -0.486 e. The molecule has 4 aromatic rings. The van der Waals surface area contributed by atoms with Gasteiger partial charge < -0.3 is 30.2 Å². The lowest BCUT2D eigenvalue weighted by atomic mass is 10.1. The molecule has 0 heterocycles. The standard InChI is InChI=1S/C39H37Cl6F2N3O6/c1-5-19(3)49-31-14-25(40)10-23(35(31)46)17-54-37-27(42)7-21(8-28(37)43)9-33(51)56-34(52)16-48-39(53)22-12-29(44)38(30(45)13-22)55-18-24-11-26(41)15-32(36(24)47)50-20(4)6-2/h7-8,10-15,19-20,49-50H,5-6,9,16-18H2,1-4H3,(H,48,53). The lowest BCUT2D eigenvalue weighted by Crippen LogP contribution is -2.32. The van der Waals surface area contributed by atoms with Gasteiger partial charge in [-0.3, -0.25) is 9.59 Å². The Bertz CT molecular complexity index is 2060. The Labute approximate surface area is 353 Å². The van der Waals surface area contributed by atoms with Gasteiger partial charge in [0, 0.05) is 38.8 Å². The van der Waals surface area contributed by atoms with E-state index in [1.807, 2.05) is 27.7 Å². The number of esters is 2. The van der Waals surface area contributed by atoms with Crippen LogP contribution in [0.5, 0.6) is 11.5 Å². The first-order chi connectivity index (χ1) is 26.5. The minimum absolute atomic E-state index is 0.0000491. The van der Waals surface area contributed by atoms with Crippen LogP contribution in [0.4, 0.5) is 20.2 Å². The highest BCUT2D eigenvalue weighted by Crippen LogP contribution is 2.37. The number of amides is 1. The van der Waals surface area contributed by atoms with Crippen LogP contribution in [0, 0.1) is 11.6 Å². The number of hydrogen-bond acceptors (Lipinski definition) is 8. The van der Waals surface area contributed by atoms with Gasteiger partial charge in [0.1, 0.15) is 19.8 Å². The monoisotopic (exact) mass is 891 g/mol. The van der Waals surface area contributed by atoms with Gasteiger partial charge in [0.2, 0.25) is 0 Å². The summed E-state index contributed by atoms with van der Waals surface area (Å²) in [6.45, 7) is 6.53. The first-order valence-corrected chi connectivity index (χ1v) is 19.5. The summed E-state index contributed by atoms with van der Waals surface area (Å²) < 4.78 is 46.5. The fourth-order valence-electron chi connectivity index (χ4n) is 5.05. The van der Waals surface area contributed by atoms with Crippen molar-refractivity contribution < 1.29 is 37.4 Å². The topological polar surface area (TPSA) is 115 Å². The summed E-state index contributed by atoms with van der Waals surface area (Å²) >= 11 is 37.9. The second-order valence-electron chi connectivity index (χ2n) is 12.7. The summed E-state index contributed by atoms with van der Waals surface area (Å²) in [5.74, 6) is -3.84. The Hall–Kier alpha value is -3.71. The van der Waals surface area contributed by atoms with Crippen LogP contribution in [0.2, 0.25) is 30.1 Å². The van der Waals surface area contributed by atoms with E-state index in [0.717, 1.165) is 12.8 Å². The number of hydrogen-bond donors (Lipinski definition) is 3. The van der Waals surface area contributed by atoms with Crippen molar-refractivity contribution in [2.24, 2.45) is 0 Å². The lowest BCUT2D eigenvalue weighted by molar-refractivity contribution is -0.158. The van der Waals surface area contributed by atoms with E-state index in [9.17, 15) is 14.4 Å². The fraction of sp³-hybridized carbons (Fsp3) is 0.308. The van der Waals surface area contributed by atoms with Crippen molar-refractivity contribution in [3.05, 3.63) is 113 Å². The summed E-state index contributed by atoms with van der Waals surface area (Å²) in [5, 5.41) is 8.96. The van der Waals surface area contributed by atoms with Gasteiger partial charge in [-0.1, -0.05) is 83.5 Å². The Balaban J connectivity index is 1.30. The summed E-state index contributed by atoms with van der Waals surface area (Å²) in [6, 6.07) is 11.1. The number of carbonyl (C=O) groups is 3. The molecule has 9 nitrogen and oxygen atoms in total. The van der Waals surface area contributed by atoms with Crippen LogP contribution in [-0.2, 0) is 34.0 Å². The fourth-order valence-corrected chi connectivity index (χ4v) is 6.77. The molecule has 56 heavy (non-hydrogen) atoms. The molecule has 0 fully saturated rings. The molecule has 4 rings (SSSR count). The molecule has 1 amide bonds. The molecule has 0 aliphatic heterocycles. The Morgan fingerprint density at radius 1 is 0.643 bits per heavy atom. The normalized spacial score (nSPS) is 12.1. The summed E-state index contributed by atoms with van der Waals surface area (Å²) in [4.78, 5) is 37.8. The Morgan fingerprint density at radius 2 is 1.07 bits per heavy atom. The first-order valence-electron chi connectivity index (χ1n) is 17.2. The molecule has 0 saturated heterocycles. The van der Waals surface area contributed by atoms with E-state index in [1.54, 1.807) is 0 Å². The highest BCUT2D eigenvalue weighted by Gasteiger charge is 2.21. The van der Waals surface area contributed by atoms with E-state index in [4.69, 9.17) is 83.8 Å². The summed E-state index contributed by atoms with van der Waals surface area (Å²) in [5.41, 5.74) is 1.02. The van der Waals surface area contributed by atoms with Crippen LogP contribution >= 0.6 is 69.6 Å². The van der Waals surface area contributed by atoms with E-state index in [2.05, 4.69) is 16.0 Å². The molecule has 3 N–H and O–H groups in total. The molecule has 0 saturated carbocycles. The zero-order valence-electron chi connectivity index (χ0n) is 30.5. The average molecular weight is 894 g/mol. The quantitative estimate of drug-likeness (QED) is 0.0709. The van der Waals surface area contributed by atoms with Crippen LogP contribution in [0.15, 0.2) is 48.5 Å². The van der Waals surface area contributed by atoms with Crippen molar-refractivity contribution >= 4 is 98.8 Å². The number of nitrogens with one attached hydrogen (secondary N) is 3. The van der Waals surface area contributed by atoms with Gasteiger partial charge in [0.05, 0.1) is 37.9 Å². The smallest absolute Gasteiger partial charge is 0.333 e. The highest BCUT2D eigenvalue weighted by molar-refractivity contribution is 6.38. The predicted molar refractivity (Wildman–Crippen MR) is 218 cm³/mol. The number of halogens is 8. The van der Waals surface area contributed by atoms with Gasteiger partial charge in [-0.25, -0.2) is 13.6 Å². The van der Waals surface area contributed by atoms with Gasteiger partial charge in [-0.15, -0.1) is 0 Å². The Morgan fingerprint density at radius 3 is 1.50 bits per heavy atom. The summed E-state index contributed by atoms with van der Waals surface area (Å²) in [7, 11) is 0. The van der Waals surface area contributed by atoms with Gasteiger partial charge in [-0.2, -0.15) is 0 Å². The maximum Gasteiger partial charge on any atom is 0.333 e. The molecule has 0 spiro atoms. The van der Waals surface area contributed by atoms with Crippen molar-refractivity contribution in [1.29, 1.82) is 0 Å². The SMILES string of the molecule is CCC(C)Nc1cc(Cl)cc(COc2c(Cl)cc(CC(=O)OC(=O)CNC(=O)c3cc(Cl)c(OCc4cc(Cl)cc(NC(C)CC)c4F)c(Cl)c3)cc2Cl)c1F. The molecular formula is C39H37Cl6F2N3O6. The molecule has 0 aliphatic carbocycles. The van der Waals surface area contributed by atoms with E-state index in [0.29, 0.717) is 10.0 Å². The third-order valence-electron chi connectivity index (χ3n) is 8.29. The van der Waals surface area contributed by atoms with Crippen LogP contribution in [0.1, 0.15) is 67.6 Å². The minimum atomic E-state index is -1.06. The summed E-state index contributed by atoms with van der Waals surface area (Å²) in [6.07, 6.45) is 1.12. The van der Waals surface area contributed by atoms with Crippen molar-refractivity contribution in [3.8, 4) is 11.5 Å². The van der Waals surface area contributed by atoms with Gasteiger partial charge in [-0.05, 0) is 80.8 Å². The molecule has 4 aromatic carbocycles. The lowest BCUT2D eigenvalue weighted by Gasteiger charge is -2.17. The molecular weight excluding hydrogens is 857 g/mol. The molecule has 17 heteroatoms. The van der Waals surface area contributed by atoms with E-state index in [-0.39, 0.29) is 90.5 Å². The highest BCUT2D eigenvalue weighted by atomic mass is 35.5. The molecule has 300 valence electrons. The number of anilines is 2. The van der Waals surface area contributed by atoms with Crippen molar-refractivity contribution in [1.82, 2.24) is 5.32 Å². The molecule has 0 bridgehead atoms. The van der Waals surface area contributed by atoms with Crippen molar-refractivity contribution in [2.45, 2.75) is 72.3 Å². The van der Waals surface area contributed by atoms with Gasteiger partial charge >= 0.3 is 11.9 Å². The zero-order chi connectivity index (χ0) is 41.3. The van der Waals surface area contributed by atoms with Gasteiger partial charge in [0.25, 0.3) is 5.91 Å². The predicted octanol–water partition coefficient (Wildman–Crippen LogP) is 11.5. The maximum atomic E-state index is 15.1.